The van der Waals surface area contributed by atoms with Crippen LogP contribution in [-0.4, -0.2) is 11.6 Å². The second kappa shape index (κ2) is 5.23. The van der Waals surface area contributed by atoms with E-state index in [9.17, 15) is 9.59 Å². The van der Waals surface area contributed by atoms with Gasteiger partial charge in [-0.05, 0) is 23.8 Å². The molecule has 0 saturated carbocycles. The van der Waals surface area contributed by atoms with Gasteiger partial charge in [0.15, 0.2) is 11.6 Å². The van der Waals surface area contributed by atoms with Crippen molar-refractivity contribution in [3.8, 4) is 10.4 Å². The number of ketones is 2. The SMILES string of the molecule is O=C1c2ccccc2C(=O)c2c1ccc1sc(-c3ccccc3)cc21. The lowest BCUT2D eigenvalue weighted by atomic mass is 9.83. The maximum absolute atomic E-state index is 13.1. The van der Waals surface area contributed by atoms with E-state index in [2.05, 4.69) is 12.1 Å². The molecule has 1 aliphatic carbocycles. The number of hydrogen-bond donors (Lipinski definition) is 0. The Labute approximate surface area is 148 Å². The molecule has 5 rings (SSSR count). The molecule has 0 aliphatic heterocycles. The minimum Gasteiger partial charge on any atom is -0.289 e. The van der Waals surface area contributed by atoms with Crippen LogP contribution in [0.5, 0.6) is 0 Å². The van der Waals surface area contributed by atoms with Crippen molar-refractivity contribution < 1.29 is 9.59 Å². The van der Waals surface area contributed by atoms with Crippen LogP contribution in [0, 0.1) is 0 Å². The molecule has 0 radical (unpaired) electrons. The van der Waals surface area contributed by atoms with Gasteiger partial charge in [0.05, 0.1) is 0 Å². The summed E-state index contributed by atoms with van der Waals surface area (Å²) in [6, 6.07) is 22.9. The third-order valence-corrected chi connectivity index (χ3v) is 5.80. The van der Waals surface area contributed by atoms with E-state index < -0.39 is 0 Å². The molecule has 0 fully saturated rings. The third-order valence-electron chi connectivity index (χ3n) is 4.65. The Kier molecular flexibility index (Phi) is 2.99. The van der Waals surface area contributed by atoms with Crippen molar-refractivity contribution in [1.82, 2.24) is 0 Å². The van der Waals surface area contributed by atoms with Crippen molar-refractivity contribution in [2.75, 3.05) is 0 Å². The first-order chi connectivity index (χ1) is 12.2. The molecule has 0 spiro atoms. The Hall–Kier alpha value is -3.04. The fourth-order valence-electron chi connectivity index (χ4n) is 3.45. The summed E-state index contributed by atoms with van der Waals surface area (Å²) in [5, 5.41) is 0.870. The fourth-order valence-corrected chi connectivity index (χ4v) is 4.52. The number of fused-ring (bicyclic) bond motifs is 4. The molecule has 2 nitrogen and oxygen atoms in total. The standard InChI is InChI=1S/C22H12O2S/c23-21-14-8-4-5-9-15(14)22(24)20-16(21)10-11-18-17(20)12-19(25-18)13-6-2-1-3-7-13/h1-12H. The van der Waals surface area contributed by atoms with Crippen LogP contribution in [0.25, 0.3) is 20.5 Å². The van der Waals surface area contributed by atoms with Crippen LogP contribution in [0.4, 0.5) is 0 Å². The van der Waals surface area contributed by atoms with E-state index in [1.807, 2.05) is 30.3 Å². The minimum absolute atomic E-state index is 0.0618. The number of carbonyl (C=O) groups excluding carboxylic acids is 2. The Bertz CT molecular complexity index is 1170. The van der Waals surface area contributed by atoms with E-state index in [0.717, 1.165) is 20.5 Å². The van der Waals surface area contributed by atoms with Gasteiger partial charge in [0, 0.05) is 37.2 Å². The second-order valence-corrected chi connectivity index (χ2v) is 7.16. The van der Waals surface area contributed by atoms with Crippen LogP contribution >= 0.6 is 11.3 Å². The van der Waals surface area contributed by atoms with Crippen molar-refractivity contribution in [3.05, 3.63) is 95.1 Å². The first kappa shape index (κ1) is 14.3. The second-order valence-electron chi connectivity index (χ2n) is 6.08. The predicted octanol–water partition coefficient (Wildman–Crippen LogP) is 5.34. The molecule has 118 valence electrons. The molecule has 0 atom stereocenters. The van der Waals surface area contributed by atoms with E-state index in [1.165, 1.54) is 0 Å². The topological polar surface area (TPSA) is 34.1 Å². The van der Waals surface area contributed by atoms with Gasteiger partial charge in [0.1, 0.15) is 0 Å². The van der Waals surface area contributed by atoms with Crippen LogP contribution in [0.15, 0.2) is 72.8 Å². The van der Waals surface area contributed by atoms with Gasteiger partial charge in [-0.2, -0.15) is 0 Å². The molecule has 0 N–H and O–H groups in total. The molecule has 1 heterocycles. The zero-order valence-electron chi connectivity index (χ0n) is 13.2. The highest BCUT2D eigenvalue weighted by atomic mass is 32.1. The Balaban J connectivity index is 1.79. The molecular weight excluding hydrogens is 328 g/mol. The average molecular weight is 340 g/mol. The maximum atomic E-state index is 13.1. The first-order valence-electron chi connectivity index (χ1n) is 8.04. The molecule has 25 heavy (non-hydrogen) atoms. The lowest BCUT2D eigenvalue weighted by Gasteiger charge is -2.17. The van der Waals surface area contributed by atoms with Gasteiger partial charge < -0.3 is 0 Å². The van der Waals surface area contributed by atoms with Crippen molar-refractivity contribution >= 4 is 33.0 Å². The molecule has 1 aromatic heterocycles. The largest absolute Gasteiger partial charge is 0.289 e. The third kappa shape index (κ3) is 2.03. The molecule has 4 aromatic rings. The molecule has 1 aliphatic rings. The molecule has 0 bridgehead atoms. The van der Waals surface area contributed by atoms with Crippen molar-refractivity contribution in [2.45, 2.75) is 0 Å². The first-order valence-corrected chi connectivity index (χ1v) is 8.86. The smallest absolute Gasteiger partial charge is 0.195 e. The zero-order chi connectivity index (χ0) is 17.0. The van der Waals surface area contributed by atoms with Crippen molar-refractivity contribution in [2.24, 2.45) is 0 Å². The maximum Gasteiger partial charge on any atom is 0.195 e. The Morgan fingerprint density at radius 3 is 2.08 bits per heavy atom. The minimum atomic E-state index is -0.0699. The van der Waals surface area contributed by atoms with Crippen LogP contribution in [0.2, 0.25) is 0 Å². The Morgan fingerprint density at radius 2 is 1.32 bits per heavy atom. The quantitative estimate of drug-likeness (QED) is 0.412. The van der Waals surface area contributed by atoms with Crippen molar-refractivity contribution in [1.29, 1.82) is 0 Å². The molecule has 0 amide bonds. The van der Waals surface area contributed by atoms with Crippen LogP contribution < -0.4 is 0 Å². The normalized spacial score (nSPS) is 13.0. The predicted molar refractivity (Wildman–Crippen MR) is 101 cm³/mol. The summed E-state index contributed by atoms with van der Waals surface area (Å²) < 4.78 is 1.03. The van der Waals surface area contributed by atoms with E-state index in [-0.39, 0.29) is 11.6 Å². The molecule has 0 saturated heterocycles. The van der Waals surface area contributed by atoms with Gasteiger partial charge in [-0.3, -0.25) is 9.59 Å². The van der Waals surface area contributed by atoms with Gasteiger partial charge in [-0.15, -0.1) is 11.3 Å². The van der Waals surface area contributed by atoms with E-state index in [0.29, 0.717) is 22.3 Å². The summed E-state index contributed by atoms with van der Waals surface area (Å²) in [6.45, 7) is 0. The van der Waals surface area contributed by atoms with Gasteiger partial charge in [-0.1, -0.05) is 54.6 Å². The summed E-state index contributed by atoms with van der Waals surface area (Å²) >= 11 is 1.64. The highest BCUT2D eigenvalue weighted by Crippen LogP contribution is 2.39. The summed E-state index contributed by atoms with van der Waals surface area (Å²) in [5.41, 5.74) is 3.17. The number of carbonyl (C=O) groups is 2. The average Bonchev–Trinajstić information content (AvgIpc) is 3.10. The summed E-state index contributed by atoms with van der Waals surface area (Å²) in [7, 11) is 0. The lowest BCUT2D eigenvalue weighted by Crippen LogP contribution is -2.20. The number of benzene rings is 3. The van der Waals surface area contributed by atoms with Gasteiger partial charge >= 0.3 is 0 Å². The molecular formula is C22H12O2S. The summed E-state index contributed by atoms with van der Waals surface area (Å²) in [4.78, 5) is 27.0. The summed E-state index contributed by atoms with van der Waals surface area (Å²) in [5.74, 6) is -0.132. The monoisotopic (exact) mass is 340 g/mol. The lowest BCUT2D eigenvalue weighted by molar-refractivity contribution is 0.0980. The van der Waals surface area contributed by atoms with Crippen LogP contribution in [0.3, 0.4) is 0 Å². The fraction of sp³-hybridized carbons (Fsp3) is 0. The summed E-state index contributed by atoms with van der Waals surface area (Å²) in [6.07, 6.45) is 0. The number of hydrogen-bond acceptors (Lipinski definition) is 3. The molecule has 3 aromatic carbocycles. The number of rotatable bonds is 1. The van der Waals surface area contributed by atoms with E-state index in [1.54, 1.807) is 41.7 Å². The van der Waals surface area contributed by atoms with Crippen LogP contribution in [0.1, 0.15) is 31.8 Å². The highest BCUT2D eigenvalue weighted by molar-refractivity contribution is 7.22. The number of thiophene rings is 1. The van der Waals surface area contributed by atoms with Crippen LogP contribution in [-0.2, 0) is 0 Å². The van der Waals surface area contributed by atoms with E-state index in [4.69, 9.17) is 0 Å². The molecule has 3 heteroatoms. The van der Waals surface area contributed by atoms with Gasteiger partial charge in [0.25, 0.3) is 0 Å². The Morgan fingerprint density at radius 1 is 0.640 bits per heavy atom. The van der Waals surface area contributed by atoms with E-state index >= 15 is 0 Å². The molecule has 0 unspecified atom stereocenters. The van der Waals surface area contributed by atoms with Gasteiger partial charge in [-0.25, -0.2) is 0 Å². The zero-order valence-corrected chi connectivity index (χ0v) is 14.0. The van der Waals surface area contributed by atoms with Gasteiger partial charge in [0.2, 0.25) is 0 Å². The highest BCUT2D eigenvalue weighted by Gasteiger charge is 2.31. The van der Waals surface area contributed by atoms with Crippen molar-refractivity contribution in [3.63, 3.8) is 0 Å².